The van der Waals surface area contributed by atoms with Crippen LogP contribution in [0.15, 0.2) is 42.5 Å². The Balaban J connectivity index is 1.60. The van der Waals surface area contributed by atoms with Crippen molar-refractivity contribution in [2.75, 3.05) is 18.1 Å². The first-order valence-electron chi connectivity index (χ1n) is 9.08. The average molecular weight is 396 g/mol. The summed E-state index contributed by atoms with van der Waals surface area (Å²) in [6.07, 6.45) is 0.0107. The summed E-state index contributed by atoms with van der Waals surface area (Å²) in [4.78, 5) is 48.6. The maximum absolute atomic E-state index is 12.3. The summed E-state index contributed by atoms with van der Waals surface area (Å²) in [6, 6.07) is 10.9. The highest BCUT2D eigenvalue weighted by atomic mass is 16.6. The van der Waals surface area contributed by atoms with E-state index in [0.717, 1.165) is 22.9 Å². The van der Waals surface area contributed by atoms with Gasteiger partial charge in [-0.2, -0.15) is 0 Å². The van der Waals surface area contributed by atoms with Gasteiger partial charge in [-0.25, -0.2) is 0 Å². The fraction of sp³-hybridized carbons (Fsp3) is 0.286. The van der Waals surface area contributed by atoms with Gasteiger partial charge in [-0.05, 0) is 37.1 Å². The molecule has 1 fully saturated rings. The Labute approximate surface area is 167 Å². The minimum Gasteiger partial charge on any atom is -0.457 e. The topological polar surface area (TPSA) is 107 Å². The van der Waals surface area contributed by atoms with Crippen LogP contribution in [0.2, 0.25) is 0 Å². The molecule has 1 atom stereocenters. The number of carbonyl (C=O) groups is 3. The Morgan fingerprint density at radius 3 is 2.62 bits per heavy atom. The SMILES string of the molecule is Cc1ccc(N2C[C@H](C(=O)OCC(=O)c3cccc([N+](=O)[O-])c3)CC2=O)cc1C. The van der Waals surface area contributed by atoms with Crippen molar-refractivity contribution in [2.45, 2.75) is 20.3 Å². The fourth-order valence-corrected chi connectivity index (χ4v) is 3.14. The van der Waals surface area contributed by atoms with Gasteiger partial charge in [0.15, 0.2) is 6.61 Å². The number of carbonyl (C=O) groups excluding carboxylic acids is 3. The first-order valence-corrected chi connectivity index (χ1v) is 9.08. The Morgan fingerprint density at radius 2 is 1.93 bits per heavy atom. The van der Waals surface area contributed by atoms with Crippen LogP contribution in [0.4, 0.5) is 11.4 Å². The monoisotopic (exact) mass is 396 g/mol. The quantitative estimate of drug-likeness (QED) is 0.322. The van der Waals surface area contributed by atoms with Gasteiger partial charge in [0.25, 0.3) is 5.69 Å². The number of ketones is 1. The summed E-state index contributed by atoms with van der Waals surface area (Å²) in [5, 5.41) is 10.8. The normalized spacial score (nSPS) is 16.0. The van der Waals surface area contributed by atoms with Crippen molar-refractivity contribution in [3.05, 3.63) is 69.3 Å². The molecule has 8 nitrogen and oxygen atoms in total. The third-order valence-corrected chi connectivity index (χ3v) is 4.99. The first-order chi connectivity index (χ1) is 13.8. The van der Waals surface area contributed by atoms with Crippen LogP contribution in [-0.4, -0.2) is 35.7 Å². The number of aryl methyl sites for hydroxylation is 2. The molecule has 0 bridgehead atoms. The number of rotatable bonds is 6. The lowest BCUT2D eigenvalue weighted by Crippen LogP contribution is -2.27. The van der Waals surface area contributed by atoms with E-state index in [-0.39, 0.29) is 30.1 Å². The van der Waals surface area contributed by atoms with Crippen molar-refractivity contribution < 1.29 is 24.0 Å². The van der Waals surface area contributed by atoms with Gasteiger partial charge in [0, 0.05) is 36.3 Å². The van der Waals surface area contributed by atoms with Crippen molar-refractivity contribution in [2.24, 2.45) is 5.92 Å². The van der Waals surface area contributed by atoms with Gasteiger partial charge in [0.2, 0.25) is 11.7 Å². The molecule has 0 spiro atoms. The Bertz CT molecular complexity index is 1000. The zero-order valence-corrected chi connectivity index (χ0v) is 16.1. The Kier molecular flexibility index (Phi) is 5.72. The number of nitro groups is 1. The lowest BCUT2D eigenvalue weighted by atomic mass is 10.1. The predicted molar refractivity (Wildman–Crippen MR) is 105 cm³/mol. The summed E-state index contributed by atoms with van der Waals surface area (Å²) in [5.41, 5.74) is 2.75. The van der Waals surface area contributed by atoms with E-state index < -0.39 is 29.2 Å². The van der Waals surface area contributed by atoms with E-state index in [1.54, 1.807) is 4.90 Å². The van der Waals surface area contributed by atoms with Crippen LogP contribution in [0.3, 0.4) is 0 Å². The van der Waals surface area contributed by atoms with E-state index in [1.165, 1.54) is 18.2 Å². The van der Waals surface area contributed by atoms with E-state index >= 15 is 0 Å². The third-order valence-electron chi connectivity index (χ3n) is 4.99. The van der Waals surface area contributed by atoms with E-state index in [2.05, 4.69) is 0 Å². The number of non-ortho nitro benzene ring substituents is 1. The molecule has 0 N–H and O–H groups in total. The largest absolute Gasteiger partial charge is 0.457 e. The maximum Gasteiger partial charge on any atom is 0.311 e. The Hall–Kier alpha value is -3.55. The molecule has 0 aromatic heterocycles. The van der Waals surface area contributed by atoms with E-state index in [1.807, 2.05) is 32.0 Å². The van der Waals surface area contributed by atoms with Gasteiger partial charge in [-0.3, -0.25) is 24.5 Å². The summed E-state index contributed by atoms with van der Waals surface area (Å²) in [5.74, 6) is -2.02. The first kappa shape index (κ1) is 20.2. The second-order valence-corrected chi connectivity index (χ2v) is 7.01. The molecule has 150 valence electrons. The highest BCUT2D eigenvalue weighted by Gasteiger charge is 2.36. The number of hydrogen-bond donors (Lipinski definition) is 0. The molecule has 3 rings (SSSR count). The minimum atomic E-state index is -0.665. The highest BCUT2D eigenvalue weighted by Crippen LogP contribution is 2.27. The number of nitrogens with zero attached hydrogens (tertiary/aromatic N) is 2. The van der Waals surface area contributed by atoms with Gasteiger partial charge in [-0.1, -0.05) is 18.2 Å². The molecular weight excluding hydrogens is 376 g/mol. The molecule has 2 aromatic carbocycles. The molecule has 1 aliphatic rings. The molecule has 0 aliphatic carbocycles. The molecule has 0 radical (unpaired) electrons. The second-order valence-electron chi connectivity index (χ2n) is 7.01. The molecule has 2 aromatic rings. The minimum absolute atomic E-state index is 0.0107. The molecule has 1 amide bonds. The zero-order chi connectivity index (χ0) is 21.1. The summed E-state index contributed by atoms with van der Waals surface area (Å²) < 4.78 is 5.08. The summed E-state index contributed by atoms with van der Waals surface area (Å²) in [6.45, 7) is 3.58. The number of nitro benzene ring substituents is 1. The molecule has 8 heteroatoms. The maximum atomic E-state index is 12.3. The van der Waals surface area contributed by atoms with Crippen LogP contribution < -0.4 is 4.90 Å². The number of anilines is 1. The van der Waals surface area contributed by atoms with Gasteiger partial charge in [-0.15, -0.1) is 0 Å². The number of hydrogen-bond acceptors (Lipinski definition) is 6. The predicted octanol–water partition coefficient (Wildman–Crippen LogP) is 2.99. The van der Waals surface area contributed by atoms with Crippen molar-refractivity contribution in [1.29, 1.82) is 0 Å². The fourth-order valence-electron chi connectivity index (χ4n) is 3.14. The van der Waals surface area contributed by atoms with Crippen molar-refractivity contribution in [1.82, 2.24) is 0 Å². The smallest absolute Gasteiger partial charge is 0.311 e. The van der Waals surface area contributed by atoms with E-state index in [4.69, 9.17) is 4.74 Å². The van der Waals surface area contributed by atoms with E-state index in [9.17, 15) is 24.5 Å². The molecule has 1 aliphatic heterocycles. The number of Topliss-reactive ketones (excluding diaryl/α,β-unsaturated/α-hetero) is 1. The lowest BCUT2D eigenvalue weighted by molar-refractivity contribution is -0.384. The summed E-state index contributed by atoms with van der Waals surface area (Å²) in [7, 11) is 0. The van der Waals surface area contributed by atoms with Gasteiger partial charge >= 0.3 is 5.97 Å². The molecular formula is C21H20N2O6. The van der Waals surface area contributed by atoms with Gasteiger partial charge in [0.1, 0.15) is 0 Å². The van der Waals surface area contributed by atoms with Crippen molar-refractivity contribution >= 4 is 29.0 Å². The second kappa shape index (κ2) is 8.22. The van der Waals surface area contributed by atoms with Gasteiger partial charge in [0.05, 0.1) is 10.8 Å². The van der Waals surface area contributed by atoms with E-state index in [0.29, 0.717) is 0 Å². The lowest BCUT2D eigenvalue weighted by Gasteiger charge is -2.17. The molecule has 29 heavy (non-hydrogen) atoms. The van der Waals surface area contributed by atoms with Crippen molar-refractivity contribution in [3.63, 3.8) is 0 Å². The molecule has 1 heterocycles. The highest BCUT2D eigenvalue weighted by molar-refractivity contribution is 6.01. The van der Waals surface area contributed by atoms with Crippen LogP contribution >= 0.6 is 0 Å². The van der Waals surface area contributed by atoms with Crippen LogP contribution in [0.5, 0.6) is 0 Å². The van der Waals surface area contributed by atoms with Crippen LogP contribution in [0.1, 0.15) is 27.9 Å². The standard InChI is InChI=1S/C21H20N2O6/c1-13-6-7-17(8-14(13)2)22-11-16(10-20(22)25)21(26)29-12-19(24)15-4-3-5-18(9-15)23(27)28/h3-9,16H,10-12H2,1-2H3/t16-/m1/s1. The zero-order valence-electron chi connectivity index (χ0n) is 16.1. The average Bonchev–Trinajstić information content (AvgIpc) is 3.09. The third kappa shape index (κ3) is 4.48. The van der Waals surface area contributed by atoms with Gasteiger partial charge < -0.3 is 9.64 Å². The molecule has 0 unspecified atom stereocenters. The van der Waals surface area contributed by atoms with Crippen LogP contribution in [0.25, 0.3) is 0 Å². The summed E-state index contributed by atoms with van der Waals surface area (Å²) >= 11 is 0. The van der Waals surface area contributed by atoms with Crippen molar-refractivity contribution in [3.8, 4) is 0 Å². The van der Waals surface area contributed by atoms with Crippen LogP contribution in [0, 0.1) is 29.9 Å². The number of ether oxygens (including phenoxy) is 1. The number of benzene rings is 2. The van der Waals surface area contributed by atoms with Crippen LogP contribution in [-0.2, 0) is 14.3 Å². The Morgan fingerprint density at radius 1 is 1.17 bits per heavy atom. The molecule has 0 saturated carbocycles. The number of amides is 1. The number of esters is 1. The molecule has 1 saturated heterocycles.